The first kappa shape index (κ1) is 20.6. The van der Waals surface area contributed by atoms with Crippen molar-refractivity contribution in [3.63, 3.8) is 0 Å². The molecule has 0 bridgehead atoms. The molecule has 3 heterocycles. The highest BCUT2D eigenvalue weighted by Gasteiger charge is 2.33. The van der Waals surface area contributed by atoms with Gasteiger partial charge in [-0.1, -0.05) is 6.92 Å². The predicted octanol–water partition coefficient (Wildman–Crippen LogP) is 3.37. The third-order valence-corrected chi connectivity index (χ3v) is 4.76. The first-order valence-corrected chi connectivity index (χ1v) is 9.57. The van der Waals surface area contributed by atoms with Crippen LogP contribution in [0.15, 0.2) is 43.0 Å². The highest BCUT2D eigenvalue weighted by Crippen LogP contribution is 2.27. The Morgan fingerprint density at radius 1 is 1.13 bits per heavy atom. The molecule has 0 saturated carbocycles. The van der Waals surface area contributed by atoms with Gasteiger partial charge in [0.1, 0.15) is 11.9 Å². The molecule has 0 radical (unpaired) electrons. The average molecular weight is 429 g/mol. The number of hydrogen-bond donors (Lipinski definition) is 1. The topological polar surface area (TPSA) is 80.2 Å². The molecule has 1 fully saturated rings. The van der Waals surface area contributed by atoms with Crippen molar-refractivity contribution in [3.8, 4) is 5.75 Å². The summed E-state index contributed by atoms with van der Waals surface area (Å²) in [5.41, 5.74) is 1.65. The number of aromatic nitrogens is 3. The minimum atomic E-state index is -1.54. The van der Waals surface area contributed by atoms with Crippen LogP contribution in [0.1, 0.15) is 23.0 Å². The van der Waals surface area contributed by atoms with Crippen molar-refractivity contribution >= 4 is 17.4 Å². The first-order valence-electron chi connectivity index (χ1n) is 9.57. The molecule has 1 aliphatic heterocycles. The molecule has 1 amide bonds. The fourth-order valence-electron chi connectivity index (χ4n) is 3.14. The van der Waals surface area contributed by atoms with Crippen LogP contribution in [0.4, 0.5) is 24.7 Å². The van der Waals surface area contributed by atoms with Crippen LogP contribution >= 0.6 is 0 Å². The summed E-state index contributed by atoms with van der Waals surface area (Å²) < 4.78 is 45.3. The lowest BCUT2D eigenvalue weighted by atomic mass is 10.1. The number of carbonyl (C=O) groups excluding carboxylic acids is 1. The van der Waals surface area contributed by atoms with Crippen molar-refractivity contribution in [3.05, 3.63) is 71.7 Å². The minimum absolute atomic E-state index is 0.110. The number of pyridine rings is 1. The summed E-state index contributed by atoms with van der Waals surface area (Å²) in [5.74, 6) is -4.37. The Morgan fingerprint density at radius 3 is 2.55 bits per heavy atom. The molecule has 1 N–H and O–H groups in total. The van der Waals surface area contributed by atoms with E-state index in [1.54, 1.807) is 17.3 Å². The molecule has 0 spiro atoms. The molecule has 1 aliphatic rings. The molecule has 1 aromatic carbocycles. The molecule has 7 nitrogen and oxygen atoms in total. The lowest BCUT2D eigenvalue weighted by molar-refractivity contribution is 0.102. The summed E-state index contributed by atoms with van der Waals surface area (Å²) in [5, 5.41) is 2.76. The van der Waals surface area contributed by atoms with Crippen molar-refractivity contribution in [2.45, 2.75) is 19.4 Å². The van der Waals surface area contributed by atoms with Gasteiger partial charge in [-0.2, -0.15) is 0 Å². The van der Waals surface area contributed by atoms with Gasteiger partial charge in [0.25, 0.3) is 5.91 Å². The maximum absolute atomic E-state index is 13.3. The Kier molecular flexibility index (Phi) is 5.70. The Labute approximate surface area is 175 Å². The molecule has 0 aliphatic carbocycles. The van der Waals surface area contributed by atoms with Crippen LogP contribution in [0, 0.1) is 17.5 Å². The quantitative estimate of drug-likeness (QED) is 0.606. The van der Waals surface area contributed by atoms with Gasteiger partial charge in [0.15, 0.2) is 29.0 Å². The molecule has 1 saturated heterocycles. The lowest BCUT2D eigenvalue weighted by Crippen LogP contribution is -2.54. The van der Waals surface area contributed by atoms with E-state index in [1.807, 2.05) is 13.0 Å². The molecule has 3 aromatic rings. The van der Waals surface area contributed by atoms with Gasteiger partial charge in [0.05, 0.1) is 25.0 Å². The second-order valence-corrected chi connectivity index (χ2v) is 6.96. The van der Waals surface area contributed by atoms with Gasteiger partial charge in [-0.25, -0.2) is 23.1 Å². The van der Waals surface area contributed by atoms with E-state index in [9.17, 15) is 18.0 Å². The first-order chi connectivity index (χ1) is 14.9. The predicted molar refractivity (Wildman–Crippen MR) is 107 cm³/mol. The number of aryl methyl sites for hydroxylation is 1. The van der Waals surface area contributed by atoms with Gasteiger partial charge in [-0.15, -0.1) is 0 Å². The molecule has 10 heteroatoms. The van der Waals surface area contributed by atoms with Crippen LogP contribution in [-0.2, 0) is 6.42 Å². The van der Waals surface area contributed by atoms with E-state index in [-0.39, 0.29) is 11.4 Å². The Balaban J connectivity index is 1.43. The van der Waals surface area contributed by atoms with E-state index in [4.69, 9.17) is 4.74 Å². The van der Waals surface area contributed by atoms with E-state index in [1.165, 1.54) is 12.4 Å². The number of nitrogens with one attached hydrogen (secondary N) is 1. The maximum Gasteiger partial charge on any atom is 0.278 e. The van der Waals surface area contributed by atoms with Gasteiger partial charge in [0.2, 0.25) is 0 Å². The van der Waals surface area contributed by atoms with Crippen molar-refractivity contribution < 1.29 is 22.7 Å². The molecule has 0 unspecified atom stereocenters. The van der Waals surface area contributed by atoms with E-state index < -0.39 is 29.5 Å². The van der Waals surface area contributed by atoms with E-state index >= 15 is 0 Å². The van der Waals surface area contributed by atoms with Gasteiger partial charge in [-0.05, 0) is 18.1 Å². The number of nitrogens with zero attached hydrogens (tertiary/aromatic N) is 4. The van der Waals surface area contributed by atoms with Crippen LogP contribution in [0.3, 0.4) is 0 Å². The van der Waals surface area contributed by atoms with Crippen molar-refractivity contribution in [1.29, 1.82) is 0 Å². The molecule has 31 heavy (non-hydrogen) atoms. The third kappa shape index (κ3) is 4.42. The fourth-order valence-corrected chi connectivity index (χ4v) is 3.14. The summed E-state index contributed by atoms with van der Waals surface area (Å²) in [7, 11) is 0. The number of halogens is 3. The van der Waals surface area contributed by atoms with Crippen LogP contribution < -0.4 is 15.0 Å². The number of anilines is 2. The van der Waals surface area contributed by atoms with Crippen molar-refractivity contribution in [2.75, 3.05) is 23.3 Å². The smallest absolute Gasteiger partial charge is 0.278 e. The van der Waals surface area contributed by atoms with E-state index in [0.29, 0.717) is 24.6 Å². The largest absolute Gasteiger partial charge is 0.487 e. The zero-order chi connectivity index (χ0) is 22.0. The van der Waals surface area contributed by atoms with Crippen molar-refractivity contribution in [2.24, 2.45) is 0 Å². The molecule has 4 rings (SSSR count). The maximum atomic E-state index is 13.3. The van der Waals surface area contributed by atoms with E-state index in [0.717, 1.165) is 24.1 Å². The number of ether oxygens (including phenoxy) is 1. The number of amides is 1. The van der Waals surface area contributed by atoms with E-state index in [2.05, 4.69) is 20.3 Å². The minimum Gasteiger partial charge on any atom is -0.487 e. The monoisotopic (exact) mass is 429 g/mol. The molecule has 2 aromatic heterocycles. The summed E-state index contributed by atoms with van der Waals surface area (Å²) in [4.78, 5) is 27.0. The summed E-state index contributed by atoms with van der Waals surface area (Å²) >= 11 is 0. The molecular weight excluding hydrogens is 411 g/mol. The Hall–Kier alpha value is -3.69. The highest BCUT2D eigenvalue weighted by molar-refractivity contribution is 6.06. The molecule has 0 atom stereocenters. The van der Waals surface area contributed by atoms with Gasteiger partial charge < -0.3 is 15.0 Å². The van der Waals surface area contributed by atoms with Gasteiger partial charge in [0, 0.05) is 30.7 Å². The zero-order valence-corrected chi connectivity index (χ0v) is 16.5. The average Bonchev–Trinajstić information content (AvgIpc) is 2.74. The molecular formula is C21H18F3N5O2. The second kappa shape index (κ2) is 8.58. The summed E-state index contributed by atoms with van der Waals surface area (Å²) in [6.45, 7) is 2.61. The zero-order valence-electron chi connectivity index (χ0n) is 16.5. The lowest BCUT2D eigenvalue weighted by Gasteiger charge is -2.40. The van der Waals surface area contributed by atoms with Crippen molar-refractivity contribution in [1.82, 2.24) is 15.0 Å². The summed E-state index contributed by atoms with van der Waals surface area (Å²) in [6.07, 6.45) is 6.52. The fraction of sp³-hybridized carbons (Fsp3) is 0.238. The Bertz CT molecular complexity index is 1100. The summed E-state index contributed by atoms with van der Waals surface area (Å²) in [6, 6.07) is 3.41. The number of hydrogen-bond acceptors (Lipinski definition) is 6. The van der Waals surface area contributed by atoms with Crippen LogP contribution in [0.5, 0.6) is 5.75 Å². The second-order valence-electron chi connectivity index (χ2n) is 6.96. The van der Waals surface area contributed by atoms with Gasteiger partial charge >= 0.3 is 0 Å². The SMILES string of the molecule is CCc1cncc(NC(=O)c2nccnc2N2CC(Oc3cc(F)c(F)c(F)c3)C2)c1. The van der Waals surface area contributed by atoms with Crippen LogP contribution in [0.2, 0.25) is 0 Å². The standard InChI is InChI=1S/C21H18F3N5O2/c1-2-12-5-13(9-25-8-12)28-21(30)19-20(27-4-3-26-19)29-10-15(11-29)31-14-6-16(22)18(24)17(23)7-14/h3-9,15H,2,10-11H2,1H3,(H,28,30). The number of benzene rings is 1. The number of rotatable bonds is 6. The number of carbonyl (C=O) groups is 1. The van der Waals surface area contributed by atoms with Crippen LogP contribution in [-0.4, -0.2) is 40.1 Å². The molecule has 160 valence electrons. The van der Waals surface area contributed by atoms with Gasteiger partial charge in [-0.3, -0.25) is 9.78 Å². The highest BCUT2D eigenvalue weighted by atomic mass is 19.2. The van der Waals surface area contributed by atoms with Crippen LogP contribution in [0.25, 0.3) is 0 Å². The third-order valence-electron chi connectivity index (χ3n) is 4.76. The Morgan fingerprint density at radius 2 is 1.84 bits per heavy atom. The normalized spacial score (nSPS) is 13.6.